The van der Waals surface area contributed by atoms with Crippen molar-refractivity contribution in [1.82, 2.24) is 4.90 Å². The molecule has 3 atom stereocenters. The van der Waals surface area contributed by atoms with Crippen molar-refractivity contribution in [3.63, 3.8) is 0 Å². The van der Waals surface area contributed by atoms with Gasteiger partial charge in [0.2, 0.25) is 5.78 Å². The van der Waals surface area contributed by atoms with E-state index in [9.17, 15) is 34.8 Å². The normalized spacial score (nSPS) is 26.6. The third kappa shape index (κ3) is 3.20. The summed E-state index contributed by atoms with van der Waals surface area (Å²) in [6, 6.07) is 3.11. The molecular weight excluding hydrogens is 466 g/mol. The van der Waals surface area contributed by atoms with Gasteiger partial charge in [-0.2, -0.15) is 0 Å². The van der Waals surface area contributed by atoms with Crippen LogP contribution in [0.25, 0.3) is 0 Å². The van der Waals surface area contributed by atoms with Gasteiger partial charge in [-0.3, -0.25) is 19.3 Å². The van der Waals surface area contributed by atoms with E-state index in [1.807, 2.05) is 0 Å². The van der Waals surface area contributed by atoms with Gasteiger partial charge in [-0.05, 0) is 50.6 Å². The number of phenolic OH excluding ortho intramolecular Hbond substituents is 1. The molecule has 0 saturated carbocycles. The topological polar surface area (TPSA) is 165 Å². The molecule has 0 heterocycles. The second-order valence-electron chi connectivity index (χ2n) is 9.10. The first-order valence-corrected chi connectivity index (χ1v) is 10.4. The van der Waals surface area contributed by atoms with Crippen molar-refractivity contribution < 1.29 is 34.8 Å². The van der Waals surface area contributed by atoms with E-state index in [0.29, 0.717) is 11.3 Å². The molecule has 0 fully saturated rings. The van der Waals surface area contributed by atoms with E-state index in [1.54, 1.807) is 39.2 Å². The van der Waals surface area contributed by atoms with Crippen molar-refractivity contribution >= 4 is 35.6 Å². The summed E-state index contributed by atoms with van der Waals surface area (Å²) in [6.45, 7) is 0. The van der Waals surface area contributed by atoms with Crippen molar-refractivity contribution in [3.8, 4) is 5.75 Å². The highest BCUT2D eigenvalue weighted by molar-refractivity contribution is 6.25. The predicted molar refractivity (Wildman–Crippen MR) is 125 cm³/mol. The molecule has 0 bridgehead atoms. The van der Waals surface area contributed by atoms with E-state index in [0.717, 1.165) is 0 Å². The van der Waals surface area contributed by atoms with Crippen LogP contribution in [-0.4, -0.2) is 76.6 Å². The molecule has 0 aliphatic heterocycles. The Morgan fingerprint density at radius 3 is 2.24 bits per heavy atom. The number of benzene rings is 1. The number of halogens is 1. The third-order valence-electron chi connectivity index (χ3n) is 6.83. The Balaban J connectivity index is 0.00000324. The first-order valence-electron chi connectivity index (χ1n) is 10.4. The first kappa shape index (κ1) is 25.5. The molecule has 34 heavy (non-hydrogen) atoms. The lowest BCUT2D eigenvalue weighted by atomic mass is 9.58. The molecule has 4 rings (SSSR count). The number of fused-ring (bicyclic) bond motifs is 3. The van der Waals surface area contributed by atoms with Crippen molar-refractivity contribution in [2.45, 2.75) is 18.4 Å². The molecule has 11 heteroatoms. The van der Waals surface area contributed by atoms with E-state index in [4.69, 9.17) is 5.73 Å². The molecular formula is C23H27ClN3O7. The highest BCUT2D eigenvalue weighted by Crippen LogP contribution is 2.54. The zero-order valence-electron chi connectivity index (χ0n) is 19.1. The van der Waals surface area contributed by atoms with Gasteiger partial charge in [-0.1, -0.05) is 0 Å². The number of aliphatic hydroxyl groups is 3. The largest absolute Gasteiger partial charge is 0.509 e. The first-order chi connectivity index (χ1) is 15.3. The van der Waals surface area contributed by atoms with Gasteiger partial charge in [0.15, 0.2) is 11.4 Å². The van der Waals surface area contributed by atoms with Crippen LogP contribution in [0.5, 0.6) is 5.75 Å². The summed E-state index contributed by atoms with van der Waals surface area (Å²) >= 11 is 0. The summed E-state index contributed by atoms with van der Waals surface area (Å²) in [5.74, 6) is -6.80. The van der Waals surface area contributed by atoms with E-state index in [-0.39, 0.29) is 48.2 Å². The lowest BCUT2D eigenvalue weighted by Crippen LogP contribution is -2.61. The molecule has 3 aliphatic carbocycles. The van der Waals surface area contributed by atoms with Gasteiger partial charge >= 0.3 is 0 Å². The third-order valence-corrected chi connectivity index (χ3v) is 6.83. The average Bonchev–Trinajstić information content (AvgIpc) is 2.70. The van der Waals surface area contributed by atoms with Crippen LogP contribution in [0.3, 0.4) is 0 Å². The van der Waals surface area contributed by atoms with Gasteiger partial charge in [-0.15, -0.1) is 12.4 Å². The molecule has 6 N–H and O–H groups in total. The minimum absolute atomic E-state index is 0. The number of allylic oxidation sites excluding steroid dienone is 1. The van der Waals surface area contributed by atoms with Crippen molar-refractivity contribution in [3.05, 3.63) is 52.0 Å². The van der Waals surface area contributed by atoms with Gasteiger partial charge < -0.3 is 31.1 Å². The molecule has 183 valence electrons. The number of hydrogen-bond donors (Lipinski definition) is 5. The summed E-state index contributed by atoms with van der Waals surface area (Å²) in [5, 5.41) is 43.8. The number of primary amides is 1. The molecule has 0 unspecified atom stereocenters. The van der Waals surface area contributed by atoms with Gasteiger partial charge in [-0.25, -0.2) is 0 Å². The van der Waals surface area contributed by atoms with E-state index in [1.165, 1.54) is 11.0 Å². The summed E-state index contributed by atoms with van der Waals surface area (Å²) in [7, 11) is 6.71. The Morgan fingerprint density at radius 1 is 1.09 bits per heavy atom. The van der Waals surface area contributed by atoms with Crippen LogP contribution in [0, 0.1) is 17.9 Å². The Kier molecular flexibility index (Phi) is 6.23. The molecule has 10 nitrogen and oxygen atoms in total. The summed E-state index contributed by atoms with van der Waals surface area (Å²) in [5.41, 5.74) is 2.90. The standard InChI is InChI=1S/C23H26N3O7.ClH/c1-25(2)12-5-6-13(27)15-10(12)7-9-8-11-17(26(3)4)19(29)16(22(24)32)21(31)23(11,33)20(30)14(9)18(15)28;/h5-6,9,11,27,29-30,33H,7-8H2,1-4H3,(H2,24,32);1H/t9-,11-,23-;/m0./s1. The lowest BCUT2D eigenvalue weighted by molar-refractivity contribution is -0.144. The van der Waals surface area contributed by atoms with Gasteiger partial charge in [0.05, 0.1) is 5.56 Å². The number of nitrogens with zero attached hydrogens (tertiary/aromatic N) is 2. The minimum Gasteiger partial charge on any atom is -0.509 e. The molecule has 0 saturated heterocycles. The van der Waals surface area contributed by atoms with Crippen molar-refractivity contribution in [1.29, 1.82) is 0 Å². The number of amides is 1. The van der Waals surface area contributed by atoms with Crippen LogP contribution in [0.4, 0.5) is 5.69 Å². The van der Waals surface area contributed by atoms with Gasteiger partial charge in [0.1, 0.15) is 28.9 Å². The SMILES string of the molecule is CN(C)[C]1C(O)=C(C(N)=O)C(=O)[C@@]2(O)C(O)=C3C(=O)c4c(O)ccc(N(C)C)c4C[C@H]3C[C@@H]12.Cl. The maximum Gasteiger partial charge on any atom is 0.255 e. The van der Waals surface area contributed by atoms with E-state index < -0.39 is 52.0 Å². The number of carbonyl (C=O) groups excluding carboxylic acids is 3. The Hall–Kier alpha value is -3.08. The maximum atomic E-state index is 13.5. The van der Waals surface area contributed by atoms with Gasteiger partial charge in [0, 0.05) is 31.3 Å². The number of aromatic hydroxyl groups is 1. The number of ketones is 2. The zero-order valence-corrected chi connectivity index (χ0v) is 19.9. The molecule has 1 amide bonds. The molecule has 1 aromatic rings. The fourth-order valence-electron chi connectivity index (χ4n) is 5.42. The Labute approximate surface area is 202 Å². The summed E-state index contributed by atoms with van der Waals surface area (Å²) in [6.07, 6.45) is 0.274. The van der Waals surface area contributed by atoms with Crippen LogP contribution in [0.1, 0.15) is 22.3 Å². The van der Waals surface area contributed by atoms with Crippen LogP contribution in [-0.2, 0) is 16.0 Å². The molecule has 1 radical (unpaired) electrons. The average molecular weight is 493 g/mol. The Bertz CT molecular complexity index is 1170. The van der Waals surface area contributed by atoms with Crippen molar-refractivity contribution in [2.24, 2.45) is 17.6 Å². The fraction of sp³-hybridized carbons (Fsp3) is 0.391. The zero-order chi connectivity index (χ0) is 24.6. The second kappa shape index (κ2) is 8.30. The maximum absolute atomic E-state index is 13.5. The second-order valence-corrected chi connectivity index (χ2v) is 9.10. The highest BCUT2D eigenvalue weighted by atomic mass is 35.5. The van der Waals surface area contributed by atoms with E-state index >= 15 is 0 Å². The van der Waals surface area contributed by atoms with Crippen LogP contribution in [0.2, 0.25) is 0 Å². The monoisotopic (exact) mass is 492 g/mol. The molecule has 1 aromatic carbocycles. The number of rotatable bonds is 3. The number of aliphatic hydroxyl groups excluding tert-OH is 2. The number of likely N-dealkylation sites (N-methyl/N-ethyl adjacent to an activating group) is 1. The molecule has 3 aliphatic rings. The van der Waals surface area contributed by atoms with Crippen LogP contribution >= 0.6 is 12.4 Å². The number of nitrogens with two attached hydrogens (primary N) is 1. The van der Waals surface area contributed by atoms with Gasteiger partial charge in [0.25, 0.3) is 5.91 Å². The number of anilines is 1. The summed E-state index contributed by atoms with van der Waals surface area (Å²) in [4.78, 5) is 41.9. The predicted octanol–water partition coefficient (Wildman–Crippen LogP) is 0.772. The number of hydrogen-bond acceptors (Lipinski definition) is 9. The lowest BCUT2D eigenvalue weighted by Gasteiger charge is -2.49. The van der Waals surface area contributed by atoms with Crippen molar-refractivity contribution in [2.75, 3.05) is 33.1 Å². The molecule has 0 spiro atoms. The van der Waals surface area contributed by atoms with Crippen LogP contribution < -0.4 is 10.6 Å². The fourth-order valence-corrected chi connectivity index (χ4v) is 5.42. The minimum atomic E-state index is -2.66. The van der Waals surface area contributed by atoms with Crippen LogP contribution in [0.15, 0.2) is 34.8 Å². The Morgan fingerprint density at radius 2 is 1.71 bits per heavy atom. The number of Topliss-reactive ketones (excluding diaryl/α,β-unsaturated/α-hetero) is 2. The quantitative estimate of drug-likeness (QED) is 0.383. The smallest absolute Gasteiger partial charge is 0.255 e. The van der Waals surface area contributed by atoms with E-state index in [2.05, 4.69) is 0 Å². The highest BCUT2D eigenvalue weighted by Gasteiger charge is 2.63. The number of phenols is 1. The summed E-state index contributed by atoms with van der Waals surface area (Å²) < 4.78 is 0. The molecule has 0 aromatic heterocycles. The number of carbonyl (C=O) groups is 3.